The van der Waals surface area contributed by atoms with Crippen molar-refractivity contribution >= 4 is 5.69 Å². The molecule has 2 nitrogen and oxygen atoms in total. The second kappa shape index (κ2) is 3.19. The summed E-state index contributed by atoms with van der Waals surface area (Å²) >= 11 is 0. The van der Waals surface area contributed by atoms with Crippen LogP contribution in [-0.4, -0.2) is 12.6 Å². The number of hydrogen-bond acceptors (Lipinski definition) is 2. The first kappa shape index (κ1) is 8.16. The number of nitrogens with one attached hydrogen (secondary N) is 1. The third kappa shape index (κ3) is 1.35. The first-order valence-electron chi connectivity index (χ1n) is 5.44. The van der Waals surface area contributed by atoms with Gasteiger partial charge in [0.2, 0.25) is 0 Å². The molecule has 1 aliphatic heterocycles. The van der Waals surface area contributed by atoms with E-state index in [1.807, 2.05) is 0 Å². The first-order chi connectivity index (χ1) is 6.92. The summed E-state index contributed by atoms with van der Waals surface area (Å²) in [6.45, 7) is 0.849. The normalized spacial score (nSPS) is 19.7. The summed E-state index contributed by atoms with van der Waals surface area (Å²) < 4.78 is 5.47. The van der Waals surface area contributed by atoms with Gasteiger partial charge in [0.25, 0.3) is 0 Å². The quantitative estimate of drug-likeness (QED) is 0.772. The van der Waals surface area contributed by atoms with Gasteiger partial charge in [-0.05, 0) is 43.0 Å². The van der Waals surface area contributed by atoms with Gasteiger partial charge in [-0.25, -0.2) is 0 Å². The highest BCUT2D eigenvalue weighted by Crippen LogP contribution is 2.30. The monoisotopic (exact) mass is 189 g/mol. The zero-order chi connectivity index (χ0) is 9.38. The lowest BCUT2D eigenvalue weighted by Crippen LogP contribution is -2.26. The number of hydrogen-bond donors (Lipinski definition) is 1. The smallest absolute Gasteiger partial charge is 0.122 e. The molecule has 0 unspecified atom stereocenters. The molecule has 0 bridgehead atoms. The maximum atomic E-state index is 5.47. The predicted molar refractivity (Wildman–Crippen MR) is 56.9 cm³/mol. The average Bonchev–Trinajstić information content (AvgIpc) is 2.58. The molecule has 0 atom stereocenters. The molecule has 0 spiro atoms. The molecule has 0 saturated heterocycles. The molecule has 2 heteroatoms. The standard InChI is InChI=1S/C12H15NO/c1-2-10(3-1)13-11-4-5-12-9(8-11)6-7-14-12/h4-5,8,10,13H,1-3,6-7H2. The molecule has 3 rings (SSSR count). The minimum atomic E-state index is 0.718. The van der Waals surface area contributed by atoms with Gasteiger partial charge in [-0.2, -0.15) is 0 Å². The minimum Gasteiger partial charge on any atom is -0.493 e. The van der Waals surface area contributed by atoms with Crippen LogP contribution in [0.1, 0.15) is 24.8 Å². The lowest BCUT2D eigenvalue weighted by molar-refractivity contribution is 0.357. The Balaban J connectivity index is 1.78. The molecular formula is C12H15NO. The van der Waals surface area contributed by atoms with Crippen molar-refractivity contribution in [1.29, 1.82) is 0 Å². The summed E-state index contributed by atoms with van der Waals surface area (Å²) in [5.74, 6) is 1.07. The van der Waals surface area contributed by atoms with Crippen molar-refractivity contribution in [3.05, 3.63) is 23.8 Å². The van der Waals surface area contributed by atoms with Crippen molar-refractivity contribution in [3.63, 3.8) is 0 Å². The van der Waals surface area contributed by atoms with Crippen LogP contribution in [0.25, 0.3) is 0 Å². The summed E-state index contributed by atoms with van der Waals surface area (Å²) in [6, 6.07) is 7.17. The zero-order valence-corrected chi connectivity index (χ0v) is 8.25. The largest absolute Gasteiger partial charge is 0.493 e. The molecule has 74 valence electrons. The maximum absolute atomic E-state index is 5.47. The number of ether oxygens (including phenoxy) is 1. The van der Waals surface area contributed by atoms with E-state index in [2.05, 4.69) is 23.5 Å². The Morgan fingerprint density at radius 3 is 3.00 bits per heavy atom. The molecule has 0 amide bonds. The van der Waals surface area contributed by atoms with Crippen LogP contribution in [0.2, 0.25) is 0 Å². The fraction of sp³-hybridized carbons (Fsp3) is 0.500. The Morgan fingerprint density at radius 2 is 2.21 bits per heavy atom. The van der Waals surface area contributed by atoms with Gasteiger partial charge < -0.3 is 10.1 Å². The number of benzene rings is 1. The van der Waals surface area contributed by atoms with E-state index in [4.69, 9.17) is 4.74 Å². The van der Waals surface area contributed by atoms with Crippen molar-refractivity contribution in [1.82, 2.24) is 0 Å². The fourth-order valence-corrected chi connectivity index (χ4v) is 2.06. The van der Waals surface area contributed by atoms with Gasteiger partial charge in [-0.1, -0.05) is 0 Å². The highest BCUT2D eigenvalue weighted by Gasteiger charge is 2.18. The average molecular weight is 189 g/mol. The minimum absolute atomic E-state index is 0.718. The molecule has 1 aromatic carbocycles. The van der Waals surface area contributed by atoms with E-state index < -0.39 is 0 Å². The van der Waals surface area contributed by atoms with Gasteiger partial charge in [-0.15, -0.1) is 0 Å². The van der Waals surface area contributed by atoms with E-state index in [0.29, 0.717) is 0 Å². The van der Waals surface area contributed by atoms with Gasteiger partial charge in [0.15, 0.2) is 0 Å². The summed E-state index contributed by atoms with van der Waals surface area (Å²) in [7, 11) is 0. The van der Waals surface area contributed by atoms with Gasteiger partial charge in [0, 0.05) is 18.2 Å². The van der Waals surface area contributed by atoms with Crippen LogP contribution in [0.3, 0.4) is 0 Å². The van der Waals surface area contributed by atoms with E-state index in [-0.39, 0.29) is 0 Å². The van der Waals surface area contributed by atoms with Gasteiger partial charge >= 0.3 is 0 Å². The zero-order valence-electron chi connectivity index (χ0n) is 8.25. The molecule has 14 heavy (non-hydrogen) atoms. The van der Waals surface area contributed by atoms with Gasteiger partial charge in [0.1, 0.15) is 5.75 Å². The maximum Gasteiger partial charge on any atom is 0.122 e. The van der Waals surface area contributed by atoms with Crippen LogP contribution >= 0.6 is 0 Å². The number of fused-ring (bicyclic) bond motifs is 1. The third-order valence-electron chi connectivity index (χ3n) is 3.17. The molecule has 1 N–H and O–H groups in total. The van der Waals surface area contributed by atoms with Crippen LogP contribution in [0.5, 0.6) is 5.75 Å². The Hall–Kier alpha value is -1.18. The third-order valence-corrected chi connectivity index (χ3v) is 3.17. The first-order valence-corrected chi connectivity index (χ1v) is 5.44. The second-order valence-corrected chi connectivity index (χ2v) is 4.19. The predicted octanol–water partition coefficient (Wildman–Crippen LogP) is 2.59. The van der Waals surface area contributed by atoms with E-state index in [1.54, 1.807) is 0 Å². The second-order valence-electron chi connectivity index (χ2n) is 4.19. The molecular weight excluding hydrogens is 174 g/mol. The van der Waals surface area contributed by atoms with Crippen molar-refractivity contribution in [2.45, 2.75) is 31.7 Å². The summed E-state index contributed by atoms with van der Waals surface area (Å²) in [6.07, 6.45) is 5.10. The lowest BCUT2D eigenvalue weighted by atomic mass is 9.93. The van der Waals surface area contributed by atoms with Crippen LogP contribution in [0.15, 0.2) is 18.2 Å². The molecule has 0 aromatic heterocycles. The van der Waals surface area contributed by atoms with Crippen LogP contribution in [-0.2, 0) is 6.42 Å². The fourth-order valence-electron chi connectivity index (χ4n) is 2.06. The van der Waals surface area contributed by atoms with E-state index in [9.17, 15) is 0 Å². The summed E-state index contributed by atoms with van der Waals surface area (Å²) in [5, 5.41) is 3.55. The SMILES string of the molecule is c1cc2c(cc1NC1CCC1)CCO2. The van der Waals surface area contributed by atoms with Crippen molar-refractivity contribution < 1.29 is 4.74 Å². The Bertz CT molecular complexity index is 344. The topological polar surface area (TPSA) is 21.3 Å². The van der Waals surface area contributed by atoms with Gasteiger partial charge in [-0.3, -0.25) is 0 Å². The van der Waals surface area contributed by atoms with Crippen LogP contribution in [0.4, 0.5) is 5.69 Å². The number of rotatable bonds is 2. The highest BCUT2D eigenvalue weighted by molar-refractivity contribution is 5.53. The van der Waals surface area contributed by atoms with Crippen molar-refractivity contribution in [3.8, 4) is 5.75 Å². The molecule has 1 fully saturated rings. The molecule has 1 heterocycles. The molecule has 1 aromatic rings. The molecule has 1 saturated carbocycles. The highest BCUT2D eigenvalue weighted by atomic mass is 16.5. The Kier molecular flexibility index (Phi) is 1.86. The molecule has 2 aliphatic rings. The van der Waals surface area contributed by atoms with Crippen LogP contribution < -0.4 is 10.1 Å². The van der Waals surface area contributed by atoms with Gasteiger partial charge in [0.05, 0.1) is 6.61 Å². The van der Waals surface area contributed by atoms with Crippen LogP contribution in [0, 0.1) is 0 Å². The summed E-state index contributed by atoms with van der Waals surface area (Å²) in [4.78, 5) is 0. The lowest BCUT2D eigenvalue weighted by Gasteiger charge is -2.27. The number of anilines is 1. The Labute approximate surface area is 84.3 Å². The Morgan fingerprint density at radius 1 is 1.29 bits per heavy atom. The van der Waals surface area contributed by atoms with Crippen molar-refractivity contribution in [2.24, 2.45) is 0 Å². The van der Waals surface area contributed by atoms with E-state index in [0.717, 1.165) is 24.8 Å². The van der Waals surface area contributed by atoms with E-state index in [1.165, 1.54) is 30.5 Å². The molecule has 0 radical (unpaired) electrons. The van der Waals surface area contributed by atoms with E-state index >= 15 is 0 Å². The molecule has 1 aliphatic carbocycles. The van der Waals surface area contributed by atoms with Crippen molar-refractivity contribution in [2.75, 3.05) is 11.9 Å². The summed E-state index contributed by atoms with van der Waals surface area (Å²) in [5.41, 5.74) is 2.62.